The van der Waals surface area contributed by atoms with Crippen molar-refractivity contribution in [3.05, 3.63) is 59.9 Å². The summed E-state index contributed by atoms with van der Waals surface area (Å²) < 4.78 is 5.53. The van der Waals surface area contributed by atoms with Crippen molar-refractivity contribution in [3.8, 4) is 0 Å². The van der Waals surface area contributed by atoms with E-state index in [1.807, 2.05) is 31.2 Å². The molecular weight excluding hydrogens is 252 g/mol. The van der Waals surface area contributed by atoms with Crippen molar-refractivity contribution in [2.75, 3.05) is 11.1 Å². The van der Waals surface area contributed by atoms with E-state index in [-0.39, 0.29) is 11.7 Å². The zero-order chi connectivity index (χ0) is 14.1. The number of nitrogens with two attached hydrogens (primary N) is 1. The van der Waals surface area contributed by atoms with E-state index in [2.05, 4.69) is 5.32 Å². The second-order valence-electron chi connectivity index (χ2n) is 4.68. The monoisotopic (exact) mass is 266 g/mol. The van der Waals surface area contributed by atoms with E-state index < -0.39 is 0 Å². The molecule has 3 rings (SSSR count). The molecule has 1 amide bonds. The minimum atomic E-state index is -0.269. The number of nitrogen functional groups attached to an aromatic ring is 1. The number of aryl methyl sites for hydroxylation is 1. The van der Waals surface area contributed by atoms with Crippen molar-refractivity contribution in [2.24, 2.45) is 0 Å². The molecule has 0 unspecified atom stereocenters. The van der Waals surface area contributed by atoms with Crippen LogP contribution in [0.4, 0.5) is 11.4 Å². The van der Waals surface area contributed by atoms with Gasteiger partial charge in [-0.25, -0.2) is 0 Å². The average molecular weight is 266 g/mol. The number of anilines is 2. The van der Waals surface area contributed by atoms with Crippen LogP contribution in [0.25, 0.3) is 11.0 Å². The Hall–Kier alpha value is -2.75. The first-order valence-electron chi connectivity index (χ1n) is 6.29. The van der Waals surface area contributed by atoms with Crippen LogP contribution in [0.1, 0.15) is 16.1 Å². The van der Waals surface area contributed by atoms with Crippen LogP contribution in [-0.4, -0.2) is 5.91 Å². The van der Waals surface area contributed by atoms with E-state index in [1.54, 1.807) is 24.3 Å². The van der Waals surface area contributed by atoms with Crippen LogP contribution in [0.3, 0.4) is 0 Å². The minimum absolute atomic E-state index is 0.269. The first-order valence-corrected chi connectivity index (χ1v) is 6.29. The van der Waals surface area contributed by atoms with Gasteiger partial charge in [0.05, 0.1) is 0 Å². The third-order valence-corrected chi connectivity index (χ3v) is 3.16. The fourth-order valence-corrected chi connectivity index (χ4v) is 2.07. The van der Waals surface area contributed by atoms with E-state index in [0.29, 0.717) is 11.3 Å². The maximum Gasteiger partial charge on any atom is 0.291 e. The largest absolute Gasteiger partial charge is 0.451 e. The smallest absolute Gasteiger partial charge is 0.291 e. The van der Waals surface area contributed by atoms with E-state index in [1.165, 1.54) is 0 Å². The third kappa shape index (κ3) is 2.23. The van der Waals surface area contributed by atoms with Gasteiger partial charge in [0, 0.05) is 16.8 Å². The number of furan rings is 1. The Morgan fingerprint density at radius 2 is 1.95 bits per heavy atom. The predicted molar refractivity (Wildman–Crippen MR) is 79.8 cm³/mol. The van der Waals surface area contributed by atoms with Crippen molar-refractivity contribution in [2.45, 2.75) is 6.92 Å². The van der Waals surface area contributed by atoms with Crippen LogP contribution in [0.5, 0.6) is 0 Å². The lowest BCUT2D eigenvalue weighted by molar-refractivity contribution is 0.0998. The number of carbonyl (C=O) groups is 1. The average Bonchev–Trinajstić information content (AvgIpc) is 2.84. The van der Waals surface area contributed by atoms with Gasteiger partial charge in [0.15, 0.2) is 5.76 Å². The van der Waals surface area contributed by atoms with Gasteiger partial charge in [-0.1, -0.05) is 18.2 Å². The van der Waals surface area contributed by atoms with Gasteiger partial charge in [0.25, 0.3) is 5.91 Å². The Morgan fingerprint density at radius 3 is 2.75 bits per heavy atom. The summed E-state index contributed by atoms with van der Waals surface area (Å²) in [4.78, 5) is 12.2. The van der Waals surface area contributed by atoms with Crippen LogP contribution in [0.15, 0.2) is 52.9 Å². The van der Waals surface area contributed by atoms with E-state index >= 15 is 0 Å². The highest BCUT2D eigenvalue weighted by atomic mass is 16.3. The number of fused-ring (bicyclic) bond motifs is 1. The van der Waals surface area contributed by atoms with Crippen LogP contribution in [-0.2, 0) is 0 Å². The van der Waals surface area contributed by atoms with Gasteiger partial charge in [-0.15, -0.1) is 0 Å². The lowest BCUT2D eigenvalue weighted by Gasteiger charge is -2.05. The summed E-state index contributed by atoms with van der Waals surface area (Å²) in [5, 5.41) is 3.66. The molecule has 4 nitrogen and oxygen atoms in total. The van der Waals surface area contributed by atoms with Gasteiger partial charge in [-0.3, -0.25) is 4.79 Å². The van der Waals surface area contributed by atoms with Gasteiger partial charge < -0.3 is 15.5 Å². The number of nitrogens with one attached hydrogen (secondary N) is 1. The van der Waals surface area contributed by atoms with Gasteiger partial charge in [-0.05, 0) is 42.8 Å². The van der Waals surface area contributed by atoms with E-state index in [4.69, 9.17) is 10.2 Å². The zero-order valence-corrected chi connectivity index (χ0v) is 11.0. The number of rotatable bonds is 2. The molecule has 0 spiro atoms. The molecule has 0 aliphatic heterocycles. The van der Waals surface area contributed by atoms with Crippen LogP contribution in [0.2, 0.25) is 0 Å². The maximum absolute atomic E-state index is 12.2. The van der Waals surface area contributed by atoms with E-state index in [9.17, 15) is 4.79 Å². The first kappa shape index (κ1) is 12.3. The molecule has 1 heterocycles. The normalized spacial score (nSPS) is 10.7. The fraction of sp³-hybridized carbons (Fsp3) is 0.0625. The molecule has 0 aliphatic carbocycles. The number of hydrogen-bond acceptors (Lipinski definition) is 3. The summed E-state index contributed by atoms with van der Waals surface area (Å²) in [5.41, 5.74) is 8.78. The van der Waals surface area contributed by atoms with Crippen molar-refractivity contribution in [3.63, 3.8) is 0 Å². The van der Waals surface area contributed by atoms with Gasteiger partial charge >= 0.3 is 0 Å². The van der Waals surface area contributed by atoms with Gasteiger partial charge in [0.1, 0.15) is 5.58 Å². The highest BCUT2D eigenvalue weighted by Gasteiger charge is 2.13. The number of carbonyl (C=O) groups excluding carboxylic acids is 1. The highest BCUT2D eigenvalue weighted by Crippen LogP contribution is 2.23. The Morgan fingerprint density at radius 1 is 1.15 bits per heavy atom. The summed E-state index contributed by atoms with van der Waals surface area (Å²) >= 11 is 0. The molecule has 0 bridgehead atoms. The minimum Gasteiger partial charge on any atom is -0.451 e. The summed E-state index contributed by atoms with van der Waals surface area (Å²) in [6.45, 7) is 1.94. The molecule has 0 aliphatic rings. The van der Waals surface area contributed by atoms with Gasteiger partial charge in [-0.2, -0.15) is 0 Å². The lowest BCUT2D eigenvalue weighted by atomic mass is 10.2. The van der Waals surface area contributed by atoms with Crippen LogP contribution in [0, 0.1) is 6.92 Å². The van der Waals surface area contributed by atoms with Crippen molar-refractivity contribution in [1.82, 2.24) is 0 Å². The first-order chi connectivity index (χ1) is 9.63. The quantitative estimate of drug-likeness (QED) is 0.697. The van der Waals surface area contributed by atoms with Crippen LogP contribution < -0.4 is 11.1 Å². The molecule has 0 fully saturated rings. The second-order valence-corrected chi connectivity index (χ2v) is 4.68. The Labute approximate surface area is 116 Å². The molecule has 0 atom stereocenters. The lowest BCUT2D eigenvalue weighted by Crippen LogP contribution is -2.11. The molecule has 2 aromatic carbocycles. The molecule has 3 N–H and O–H groups in total. The Kier molecular flexibility index (Phi) is 2.91. The van der Waals surface area contributed by atoms with Crippen molar-refractivity contribution < 1.29 is 9.21 Å². The second kappa shape index (κ2) is 4.74. The number of para-hydroxylation sites is 1. The fourth-order valence-electron chi connectivity index (χ4n) is 2.07. The molecule has 0 radical (unpaired) electrons. The maximum atomic E-state index is 12.2. The Balaban J connectivity index is 1.91. The third-order valence-electron chi connectivity index (χ3n) is 3.16. The molecule has 100 valence electrons. The molecule has 20 heavy (non-hydrogen) atoms. The number of benzene rings is 2. The molecule has 0 saturated heterocycles. The van der Waals surface area contributed by atoms with Crippen LogP contribution >= 0.6 is 0 Å². The highest BCUT2D eigenvalue weighted by molar-refractivity contribution is 6.05. The van der Waals surface area contributed by atoms with Gasteiger partial charge in [0.2, 0.25) is 0 Å². The molecule has 0 saturated carbocycles. The zero-order valence-electron chi connectivity index (χ0n) is 11.0. The summed E-state index contributed by atoms with van der Waals surface area (Å²) in [6, 6.07) is 14.6. The summed E-state index contributed by atoms with van der Waals surface area (Å²) in [7, 11) is 0. The van der Waals surface area contributed by atoms with Crippen molar-refractivity contribution >= 4 is 28.3 Å². The predicted octanol–water partition coefficient (Wildman–Crippen LogP) is 3.58. The summed E-state index contributed by atoms with van der Waals surface area (Å²) in [5.74, 6) is 0.00271. The van der Waals surface area contributed by atoms with Crippen molar-refractivity contribution in [1.29, 1.82) is 0 Å². The summed E-state index contributed by atoms with van der Waals surface area (Å²) in [6.07, 6.45) is 0. The topological polar surface area (TPSA) is 68.3 Å². The number of hydrogen-bond donors (Lipinski definition) is 2. The Bertz CT molecular complexity index is 790. The molecule has 1 aromatic heterocycles. The standard InChI is InChI=1S/C16H14N2O2/c1-10-4-2-3-5-13(10)18-16(19)15-9-11-8-12(17)6-7-14(11)20-15/h2-9H,17H2,1H3,(H,18,19). The van der Waals surface area contributed by atoms with E-state index in [0.717, 1.165) is 16.6 Å². The number of amides is 1. The molecule has 4 heteroatoms. The molecular formula is C16H14N2O2. The molecule has 3 aromatic rings. The SMILES string of the molecule is Cc1ccccc1NC(=O)c1cc2cc(N)ccc2o1.